The summed E-state index contributed by atoms with van der Waals surface area (Å²) in [6, 6.07) is 0. The Morgan fingerprint density at radius 2 is 1.20 bits per heavy atom. The molecule has 22 nitrogen and oxygen atoms in total. The molecule has 31 atom stereocenters. The molecule has 424 valence electrons. The first kappa shape index (κ1) is 56.1. The van der Waals surface area contributed by atoms with Gasteiger partial charge in [-0.05, 0) is 91.3 Å². The van der Waals surface area contributed by atoms with Crippen molar-refractivity contribution < 1.29 is 109 Å². The second kappa shape index (κ2) is 21.1. The second-order valence-electron chi connectivity index (χ2n) is 24.6. The Balaban J connectivity index is 0.819. The highest BCUT2D eigenvalue weighted by Gasteiger charge is 2.71. The quantitative estimate of drug-likeness (QED) is 0.0809. The van der Waals surface area contributed by atoms with Crippen LogP contribution in [-0.2, 0) is 47.4 Å². The predicted octanol–water partition coefficient (Wildman–Crippen LogP) is -1.71. The topological polar surface area (TPSA) is 335 Å². The molecule has 5 unspecified atom stereocenters. The monoisotopic (exact) mass is 1060 g/mol. The van der Waals surface area contributed by atoms with Crippen molar-refractivity contribution in [3.05, 3.63) is 12.2 Å². The van der Waals surface area contributed by atoms with Crippen LogP contribution in [0, 0.1) is 51.8 Å². The lowest BCUT2D eigenvalue weighted by Crippen LogP contribution is -2.68. The van der Waals surface area contributed by atoms with Crippen molar-refractivity contribution in [1.82, 2.24) is 0 Å². The van der Waals surface area contributed by atoms with Crippen LogP contribution in [0.4, 0.5) is 0 Å². The minimum atomic E-state index is -1.99. The Kier molecular flexibility index (Phi) is 16.0. The first-order chi connectivity index (χ1) is 35.0. The summed E-state index contributed by atoms with van der Waals surface area (Å²) >= 11 is 0. The summed E-state index contributed by atoms with van der Waals surface area (Å²) in [5.74, 6) is 2.03. The summed E-state index contributed by atoms with van der Waals surface area (Å²) in [6.45, 7) is 14.5. The number of hydrogen-bond donors (Lipinski definition) is 12. The van der Waals surface area contributed by atoms with E-state index >= 15 is 0 Å². The zero-order valence-corrected chi connectivity index (χ0v) is 43.1. The fourth-order valence-electron chi connectivity index (χ4n) is 16.1. The molecule has 0 aromatic carbocycles. The molecule has 4 saturated carbocycles. The van der Waals surface area contributed by atoms with Crippen LogP contribution in [0.3, 0.4) is 0 Å². The molecule has 10 aliphatic rings. The lowest BCUT2D eigenvalue weighted by Gasteiger charge is -2.66. The zero-order valence-electron chi connectivity index (χ0n) is 43.1. The van der Waals surface area contributed by atoms with E-state index in [2.05, 4.69) is 34.6 Å². The van der Waals surface area contributed by atoms with Gasteiger partial charge < -0.3 is 109 Å². The number of hydrogen-bond acceptors (Lipinski definition) is 22. The number of aliphatic hydroxyl groups is 12. The summed E-state index contributed by atoms with van der Waals surface area (Å²) in [7, 11) is 0. The average Bonchev–Trinajstić information content (AvgIpc) is 3.83. The van der Waals surface area contributed by atoms with Gasteiger partial charge in [-0.3, -0.25) is 0 Å². The summed E-state index contributed by atoms with van der Waals surface area (Å²) in [4.78, 5) is 0. The molecule has 0 amide bonds. The highest BCUT2D eigenvalue weighted by molar-refractivity contribution is 5.29. The maximum absolute atomic E-state index is 11.9. The zero-order chi connectivity index (χ0) is 53.1. The van der Waals surface area contributed by atoms with Crippen molar-refractivity contribution in [3.8, 4) is 0 Å². The molecule has 4 aliphatic carbocycles. The molecule has 74 heavy (non-hydrogen) atoms. The fourth-order valence-corrected chi connectivity index (χ4v) is 16.1. The minimum absolute atomic E-state index is 0.0457. The molecule has 6 aliphatic heterocycles. The second-order valence-corrected chi connectivity index (χ2v) is 24.6. The SMILES string of the molecule is C=C1CC2C(CC[C@@]3(C)C[C@@H](O[C@@H]4O[C@H](CO)[C@H](O[C@@H]5O[C@H](CO)[C@@H](O[C@@H]6OC[C@@H](O)[C@H](O)[C@H]6O)[C@H](O)[C@H]5O[C@@H]5O[C@H](CO)[C@@H](O)[C@H](O)[C@H]5O)[C@H](O)[C@H]4O)CC[C@]23C)C2CC3O[C@]4(CC[C@@H](C)CO4)[C@@H](C)C3[C@@]12C. The minimum Gasteiger partial charge on any atom is -0.394 e. The number of allylic oxidation sites excluding steroid dienone is 1. The molecule has 1 spiro atoms. The van der Waals surface area contributed by atoms with E-state index in [1.54, 1.807) is 0 Å². The van der Waals surface area contributed by atoms with Crippen LogP contribution in [0.1, 0.15) is 92.4 Å². The van der Waals surface area contributed by atoms with Crippen molar-refractivity contribution in [2.45, 2.75) is 227 Å². The standard InChI is InChI=1S/C52H84O22/c1-21-7-12-52(66-19-21)23(3)33-29(74-52)14-27-25-9-10-49(4)15-24(8-11-50(49,5)26(25)13-22(2)51(27,33)6)67-46-40(63)37(60)42(31(17-54)69-46)72-48-44(73-47-39(62)36(59)35(58)30(16-53)68-47)41(64)43(32(18-55)70-48)71-45-38(61)34(57)28(56)20-65-45/h21,23-48,53-64H,2,7-20H2,1,3-6H3/t21-,23+,24+,25?,26?,27?,28-,29?,30-,31-,32-,33?,34+,35-,36+,37-,38-,39-,40-,41+,42+,43-,44-,45+,46-,47+,48+,49+,50-,51+,52-/m1/s1. The van der Waals surface area contributed by atoms with Crippen molar-refractivity contribution in [2.24, 2.45) is 51.8 Å². The lowest BCUT2D eigenvalue weighted by atomic mass is 9.39. The van der Waals surface area contributed by atoms with Gasteiger partial charge in [0.2, 0.25) is 0 Å². The predicted molar refractivity (Wildman–Crippen MR) is 251 cm³/mol. The van der Waals surface area contributed by atoms with Gasteiger partial charge in [-0.15, -0.1) is 0 Å². The normalized spacial score (nSPS) is 57.6. The van der Waals surface area contributed by atoms with Gasteiger partial charge in [0.15, 0.2) is 30.9 Å². The maximum Gasteiger partial charge on any atom is 0.187 e. The van der Waals surface area contributed by atoms with Crippen molar-refractivity contribution >= 4 is 0 Å². The van der Waals surface area contributed by atoms with E-state index in [1.807, 2.05) is 0 Å². The molecular weight excluding hydrogens is 977 g/mol. The first-order valence-corrected chi connectivity index (χ1v) is 27.2. The molecule has 0 aromatic rings. The Morgan fingerprint density at radius 3 is 1.88 bits per heavy atom. The Hall–Kier alpha value is -1.14. The van der Waals surface area contributed by atoms with Gasteiger partial charge in [-0.1, -0.05) is 46.8 Å². The van der Waals surface area contributed by atoms with E-state index in [4.69, 9.17) is 53.9 Å². The van der Waals surface area contributed by atoms with Crippen LogP contribution in [0.25, 0.3) is 0 Å². The Morgan fingerprint density at radius 1 is 0.595 bits per heavy atom. The van der Waals surface area contributed by atoms with Gasteiger partial charge in [0.1, 0.15) is 91.6 Å². The van der Waals surface area contributed by atoms with Gasteiger partial charge in [-0.2, -0.15) is 0 Å². The van der Waals surface area contributed by atoms with Crippen LogP contribution in [0.5, 0.6) is 0 Å². The molecule has 0 aromatic heterocycles. The number of rotatable bonds is 11. The van der Waals surface area contributed by atoms with Crippen molar-refractivity contribution in [2.75, 3.05) is 33.0 Å². The van der Waals surface area contributed by atoms with E-state index < -0.39 is 149 Å². The van der Waals surface area contributed by atoms with Gasteiger partial charge in [0.25, 0.3) is 0 Å². The Labute approximate surface area is 431 Å². The number of fused-ring (bicyclic) bond motifs is 7. The molecule has 10 fully saturated rings. The van der Waals surface area contributed by atoms with Crippen LogP contribution in [0.15, 0.2) is 12.2 Å². The van der Waals surface area contributed by atoms with E-state index in [1.165, 1.54) is 5.57 Å². The van der Waals surface area contributed by atoms with Crippen LogP contribution in [-0.4, -0.2) is 229 Å². The molecule has 22 heteroatoms. The van der Waals surface area contributed by atoms with Crippen molar-refractivity contribution in [1.29, 1.82) is 0 Å². The third kappa shape index (κ3) is 9.11. The van der Waals surface area contributed by atoms with E-state index in [0.717, 1.165) is 51.6 Å². The van der Waals surface area contributed by atoms with E-state index in [9.17, 15) is 61.3 Å². The van der Waals surface area contributed by atoms with E-state index in [-0.39, 0.29) is 34.4 Å². The molecule has 12 N–H and O–H groups in total. The van der Waals surface area contributed by atoms with Gasteiger partial charge in [0, 0.05) is 18.3 Å². The van der Waals surface area contributed by atoms with Crippen molar-refractivity contribution in [3.63, 3.8) is 0 Å². The number of aliphatic hydroxyl groups excluding tert-OH is 12. The molecule has 6 saturated heterocycles. The summed E-state index contributed by atoms with van der Waals surface area (Å²) < 4.78 is 61.3. The average molecular weight is 1060 g/mol. The lowest BCUT2D eigenvalue weighted by molar-refractivity contribution is -0.401. The highest BCUT2D eigenvalue weighted by atomic mass is 16.8. The number of ether oxygens (including phenoxy) is 10. The highest BCUT2D eigenvalue weighted by Crippen LogP contribution is 2.74. The molecular formula is C52H84O22. The fraction of sp³-hybridized carbons (Fsp3) is 0.962. The summed E-state index contributed by atoms with van der Waals surface area (Å²) in [5, 5.41) is 130. The van der Waals surface area contributed by atoms with Gasteiger partial charge in [-0.25, -0.2) is 0 Å². The molecule has 6 heterocycles. The summed E-state index contributed by atoms with van der Waals surface area (Å²) in [6.07, 6.45) is -24.8. The molecule has 0 bridgehead atoms. The molecule has 0 radical (unpaired) electrons. The van der Waals surface area contributed by atoms with Crippen LogP contribution in [0.2, 0.25) is 0 Å². The van der Waals surface area contributed by atoms with Crippen LogP contribution < -0.4 is 0 Å². The first-order valence-electron chi connectivity index (χ1n) is 27.2. The van der Waals surface area contributed by atoms with Crippen LogP contribution >= 0.6 is 0 Å². The van der Waals surface area contributed by atoms with Gasteiger partial charge >= 0.3 is 0 Å². The molecule has 10 rings (SSSR count). The summed E-state index contributed by atoms with van der Waals surface area (Å²) in [5.41, 5.74) is 1.08. The maximum atomic E-state index is 11.9. The smallest absolute Gasteiger partial charge is 0.187 e. The largest absolute Gasteiger partial charge is 0.394 e. The van der Waals surface area contributed by atoms with Gasteiger partial charge in [0.05, 0.1) is 45.2 Å². The van der Waals surface area contributed by atoms with E-state index in [0.29, 0.717) is 42.4 Å². The Bertz CT molecular complexity index is 1960. The third-order valence-corrected chi connectivity index (χ3v) is 20.8. The third-order valence-electron chi connectivity index (χ3n) is 20.8.